The van der Waals surface area contributed by atoms with Crippen LogP contribution in [0.1, 0.15) is 0 Å². The molecule has 172 valence electrons. The summed E-state index contributed by atoms with van der Waals surface area (Å²) < 4.78 is 21.6. The van der Waals surface area contributed by atoms with Gasteiger partial charge >= 0.3 is 0 Å². The molecule has 0 amide bonds. The number of benzene rings is 2. The highest BCUT2D eigenvalue weighted by atomic mass is 16.7. The number of hydrogen-bond acceptors (Lipinski definition) is 12. The maximum absolute atomic E-state index is 12.9. The minimum absolute atomic E-state index is 0.239. The molecule has 0 bridgehead atoms. The molecular formula is C20H20O12. The molecule has 5 atom stereocenters. The van der Waals surface area contributed by atoms with E-state index >= 15 is 0 Å². The van der Waals surface area contributed by atoms with Crippen LogP contribution in [0.5, 0.6) is 28.7 Å². The molecule has 12 heteroatoms. The predicted octanol–water partition coefficient (Wildman–Crippen LogP) is -0.750. The van der Waals surface area contributed by atoms with Crippen LogP contribution in [0.2, 0.25) is 0 Å². The number of hydrogen-bond donors (Lipinski definition) is 7. The molecule has 1 aliphatic rings. The second-order valence-corrected chi connectivity index (χ2v) is 7.19. The number of aromatic hydroxyl groups is 3. The van der Waals surface area contributed by atoms with E-state index in [9.17, 15) is 40.5 Å². The number of aliphatic hydroxyl groups is 4. The van der Waals surface area contributed by atoms with Crippen molar-refractivity contribution in [1.82, 2.24) is 0 Å². The first-order chi connectivity index (χ1) is 15.2. The average molecular weight is 452 g/mol. The van der Waals surface area contributed by atoms with Gasteiger partial charge in [-0.2, -0.15) is 0 Å². The van der Waals surface area contributed by atoms with E-state index in [0.717, 1.165) is 18.2 Å². The van der Waals surface area contributed by atoms with Crippen molar-refractivity contribution >= 4 is 21.9 Å². The number of phenols is 3. The second-order valence-electron chi connectivity index (χ2n) is 7.19. The van der Waals surface area contributed by atoms with Gasteiger partial charge in [0.15, 0.2) is 22.7 Å². The SMILES string of the molecule is COc1c(O[C@@H]2O[C@H](CO)[C@@H](O)[C@H](O)[C@H]2O)cc(O)c2c(=O)c3c(O)ccc(O)c3oc12. The van der Waals surface area contributed by atoms with Gasteiger partial charge in [-0.3, -0.25) is 4.79 Å². The van der Waals surface area contributed by atoms with Gasteiger partial charge in [-0.05, 0) is 12.1 Å². The third-order valence-corrected chi connectivity index (χ3v) is 5.25. The number of ether oxygens (including phenoxy) is 3. The lowest BCUT2D eigenvalue weighted by molar-refractivity contribution is -0.277. The van der Waals surface area contributed by atoms with Crippen molar-refractivity contribution in [2.45, 2.75) is 30.7 Å². The zero-order chi connectivity index (χ0) is 23.3. The monoisotopic (exact) mass is 452 g/mol. The molecule has 32 heavy (non-hydrogen) atoms. The van der Waals surface area contributed by atoms with Gasteiger partial charge in [-0.1, -0.05) is 0 Å². The van der Waals surface area contributed by atoms with Crippen LogP contribution in [0, 0.1) is 0 Å². The van der Waals surface area contributed by atoms with Gasteiger partial charge in [0.2, 0.25) is 17.5 Å². The molecule has 0 spiro atoms. The van der Waals surface area contributed by atoms with Crippen LogP contribution in [0.25, 0.3) is 21.9 Å². The van der Waals surface area contributed by atoms with Crippen molar-refractivity contribution in [3.63, 3.8) is 0 Å². The standard InChI is InChI=1S/C20H20O12/c1-29-18-9(30-20-16(28)15(27)13(25)10(5-21)31-20)4-8(24)12-14(26)11-6(22)2-3-7(23)17(11)32-19(12)18/h2-4,10,13,15-16,20-25,27-28H,5H2,1H3/t10-,13-,15+,16-,20-/m1/s1. The van der Waals surface area contributed by atoms with E-state index in [4.69, 9.17) is 18.6 Å². The summed E-state index contributed by atoms with van der Waals surface area (Å²) in [5, 5.41) is 69.2. The zero-order valence-electron chi connectivity index (χ0n) is 16.5. The van der Waals surface area contributed by atoms with Crippen LogP contribution in [-0.4, -0.2) is 80.2 Å². The Bertz CT molecular complexity index is 1230. The molecule has 4 rings (SSSR count). The highest BCUT2D eigenvalue weighted by molar-refractivity contribution is 6.00. The van der Waals surface area contributed by atoms with E-state index in [-0.39, 0.29) is 33.4 Å². The minimum atomic E-state index is -1.75. The predicted molar refractivity (Wildman–Crippen MR) is 106 cm³/mol. The Labute approximate surface area is 178 Å². The van der Waals surface area contributed by atoms with Gasteiger partial charge in [-0.15, -0.1) is 0 Å². The van der Waals surface area contributed by atoms with Crippen molar-refractivity contribution in [2.75, 3.05) is 13.7 Å². The molecule has 12 nitrogen and oxygen atoms in total. The van der Waals surface area contributed by atoms with Gasteiger partial charge in [0.05, 0.1) is 13.7 Å². The third-order valence-electron chi connectivity index (χ3n) is 5.25. The normalized spacial score (nSPS) is 25.8. The van der Waals surface area contributed by atoms with Crippen LogP contribution in [0.15, 0.2) is 27.4 Å². The molecule has 0 saturated carbocycles. The van der Waals surface area contributed by atoms with Crippen molar-refractivity contribution < 1.29 is 54.4 Å². The summed E-state index contributed by atoms with van der Waals surface area (Å²) in [6.45, 7) is -0.686. The summed E-state index contributed by atoms with van der Waals surface area (Å²) in [6, 6.07) is 3.16. The van der Waals surface area contributed by atoms with Crippen molar-refractivity contribution in [3.8, 4) is 28.7 Å². The van der Waals surface area contributed by atoms with Crippen LogP contribution in [0.4, 0.5) is 0 Å². The summed E-state index contributed by atoms with van der Waals surface area (Å²) in [4.78, 5) is 12.9. The van der Waals surface area contributed by atoms with Gasteiger partial charge in [-0.25, -0.2) is 0 Å². The van der Waals surface area contributed by atoms with E-state index in [2.05, 4.69) is 0 Å². The molecule has 1 fully saturated rings. The first-order valence-electron chi connectivity index (χ1n) is 9.38. The van der Waals surface area contributed by atoms with Crippen LogP contribution in [0.3, 0.4) is 0 Å². The highest BCUT2D eigenvalue weighted by Gasteiger charge is 2.45. The first kappa shape index (κ1) is 21.9. The third kappa shape index (κ3) is 3.25. The summed E-state index contributed by atoms with van der Waals surface area (Å²) in [7, 11) is 1.19. The molecule has 1 aliphatic heterocycles. The molecule has 0 aliphatic carbocycles. The summed E-state index contributed by atoms with van der Waals surface area (Å²) in [5.41, 5.74) is -1.57. The number of fused-ring (bicyclic) bond motifs is 2. The molecule has 7 N–H and O–H groups in total. The minimum Gasteiger partial charge on any atom is -0.507 e. The smallest absolute Gasteiger partial charge is 0.229 e. The molecular weight excluding hydrogens is 432 g/mol. The van der Waals surface area contributed by atoms with Crippen LogP contribution < -0.4 is 14.9 Å². The summed E-state index contributed by atoms with van der Waals surface area (Å²) in [5.74, 6) is -2.11. The zero-order valence-corrected chi connectivity index (χ0v) is 16.5. The largest absolute Gasteiger partial charge is 0.507 e. The maximum atomic E-state index is 12.9. The number of aliphatic hydroxyl groups excluding tert-OH is 4. The quantitative estimate of drug-likeness (QED) is 0.193. The Morgan fingerprint density at radius 3 is 2.25 bits per heavy atom. The van der Waals surface area contributed by atoms with E-state index in [1.165, 1.54) is 7.11 Å². The van der Waals surface area contributed by atoms with Gasteiger partial charge in [0.1, 0.15) is 46.7 Å². The van der Waals surface area contributed by atoms with E-state index in [1.54, 1.807) is 0 Å². The Hall–Kier alpha value is -3.29. The summed E-state index contributed by atoms with van der Waals surface area (Å²) >= 11 is 0. The Morgan fingerprint density at radius 2 is 1.59 bits per heavy atom. The van der Waals surface area contributed by atoms with Crippen molar-refractivity contribution in [3.05, 3.63) is 28.4 Å². The lowest BCUT2D eigenvalue weighted by Gasteiger charge is -2.39. The van der Waals surface area contributed by atoms with Crippen molar-refractivity contribution in [1.29, 1.82) is 0 Å². The highest BCUT2D eigenvalue weighted by Crippen LogP contribution is 2.43. The van der Waals surface area contributed by atoms with Gasteiger partial charge in [0.25, 0.3) is 0 Å². The van der Waals surface area contributed by atoms with Crippen LogP contribution in [-0.2, 0) is 4.74 Å². The molecule has 1 aromatic heterocycles. The fraction of sp³-hybridized carbons (Fsp3) is 0.350. The van der Waals surface area contributed by atoms with E-state index in [0.29, 0.717) is 0 Å². The lowest BCUT2D eigenvalue weighted by Crippen LogP contribution is -2.60. The Balaban J connectivity index is 1.89. The fourth-order valence-electron chi connectivity index (χ4n) is 3.60. The molecule has 2 aromatic carbocycles. The lowest BCUT2D eigenvalue weighted by atomic mass is 9.99. The van der Waals surface area contributed by atoms with E-state index < -0.39 is 60.0 Å². The first-order valence-corrected chi connectivity index (χ1v) is 9.38. The molecule has 0 unspecified atom stereocenters. The molecule has 0 radical (unpaired) electrons. The Morgan fingerprint density at radius 1 is 0.938 bits per heavy atom. The van der Waals surface area contributed by atoms with Crippen molar-refractivity contribution in [2.24, 2.45) is 0 Å². The van der Waals surface area contributed by atoms with E-state index in [1.807, 2.05) is 0 Å². The number of phenolic OH excluding ortho intramolecular Hbond substituents is 3. The average Bonchev–Trinajstić information content (AvgIpc) is 2.76. The number of methoxy groups -OCH3 is 1. The molecule has 3 aromatic rings. The maximum Gasteiger partial charge on any atom is 0.229 e. The molecule has 1 saturated heterocycles. The number of rotatable bonds is 4. The topological polar surface area (TPSA) is 200 Å². The fourth-order valence-corrected chi connectivity index (χ4v) is 3.60. The summed E-state index contributed by atoms with van der Waals surface area (Å²) in [6.07, 6.45) is -7.93. The van der Waals surface area contributed by atoms with Crippen LogP contribution >= 0.6 is 0 Å². The Kier molecular flexibility index (Phi) is 5.48. The molecule has 2 heterocycles. The van der Waals surface area contributed by atoms with Gasteiger partial charge in [0, 0.05) is 6.07 Å². The second kappa shape index (κ2) is 8.00. The van der Waals surface area contributed by atoms with Gasteiger partial charge < -0.3 is 54.4 Å².